The molecule has 1 aliphatic rings. The van der Waals surface area contributed by atoms with Gasteiger partial charge in [0.1, 0.15) is 4.90 Å². The first-order valence-corrected chi connectivity index (χ1v) is 11.5. The van der Waals surface area contributed by atoms with Gasteiger partial charge in [-0.2, -0.15) is 4.31 Å². The number of rotatable bonds is 6. The average molecular weight is 470 g/mol. The van der Waals surface area contributed by atoms with Gasteiger partial charge < -0.3 is 10.2 Å². The van der Waals surface area contributed by atoms with Gasteiger partial charge in [0.05, 0.1) is 22.3 Å². The summed E-state index contributed by atoms with van der Waals surface area (Å²) in [5, 5.41) is 3.08. The van der Waals surface area contributed by atoms with E-state index in [-0.39, 0.29) is 22.0 Å². The summed E-state index contributed by atoms with van der Waals surface area (Å²) < 4.78 is 27.1. The smallest absolute Gasteiger partial charge is 0.254 e. The van der Waals surface area contributed by atoms with E-state index in [4.69, 9.17) is 23.2 Å². The van der Waals surface area contributed by atoms with Crippen molar-refractivity contribution in [2.24, 2.45) is 0 Å². The minimum atomic E-state index is -3.78. The Kier molecular flexibility index (Phi) is 7.02. The SMILES string of the molecule is CN(CC(=O)Nc1ccccc1Cl)C(=O)c1ccc(Cl)c(S(=O)(=O)N2CCCC2)c1. The maximum absolute atomic E-state index is 12.9. The Bertz CT molecular complexity index is 1070. The lowest BCUT2D eigenvalue weighted by Gasteiger charge is -2.19. The summed E-state index contributed by atoms with van der Waals surface area (Å²) in [6.07, 6.45) is 1.58. The van der Waals surface area contributed by atoms with Gasteiger partial charge in [-0.1, -0.05) is 35.3 Å². The van der Waals surface area contributed by atoms with Crippen molar-refractivity contribution in [3.05, 3.63) is 58.1 Å². The highest BCUT2D eigenvalue weighted by Crippen LogP contribution is 2.28. The molecule has 3 rings (SSSR count). The Morgan fingerprint density at radius 1 is 1.07 bits per heavy atom. The molecule has 0 aromatic heterocycles. The van der Waals surface area contributed by atoms with E-state index in [9.17, 15) is 18.0 Å². The lowest BCUT2D eigenvalue weighted by Crippen LogP contribution is -2.35. The van der Waals surface area contributed by atoms with Crippen LogP contribution < -0.4 is 5.32 Å². The van der Waals surface area contributed by atoms with E-state index >= 15 is 0 Å². The summed E-state index contributed by atoms with van der Waals surface area (Å²) in [6, 6.07) is 10.8. The van der Waals surface area contributed by atoms with Crippen LogP contribution in [0.3, 0.4) is 0 Å². The predicted octanol–water partition coefficient (Wildman–Crippen LogP) is 3.49. The molecule has 7 nitrogen and oxygen atoms in total. The molecule has 0 aliphatic carbocycles. The van der Waals surface area contributed by atoms with Crippen LogP contribution in [0.5, 0.6) is 0 Å². The summed E-state index contributed by atoms with van der Waals surface area (Å²) >= 11 is 12.1. The van der Waals surface area contributed by atoms with Crippen LogP contribution in [0.2, 0.25) is 10.0 Å². The lowest BCUT2D eigenvalue weighted by molar-refractivity contribution is -0.116. The average Bonchev–Trinajstić information content (AvgIpc) is 3.25. The number of nitrogens with one attached hydrogen (secondary N) is 1. The third-order valence-electron chi connectivity index (χ3n) is 4.74. The zero-order valence-corrected chi connectivity index (χ0v) is 18.6. The summed E-state index contributed by atoms with van der Waals surface area (Å²) in [5.74, 6) is -0.934. The number of anilines is 1. The lowest BCUT2D eigenvalue weighted by atomic mass is 10.2. The van der Waals surface area contributed by atoms with Gasteiger partial charge in [0.15, 0.2) is 0 Å². The second kappa shape index (κ2) is 9.34. The zero-order valence-electron chi connectivity index (χ0n) is 16.3. The predicted molar refractivity (Wildman–Crippen MR) is 116 cm³/mol. The molecule has 2 aromatic rings. The van der Waals surface area contributed by atoms with Crippen LogP contribution in [0.15, 0.2) is 47.4 Å². The largest absolute Gasteiger partial charge is 0.332 e. The van der Waals surface area contributed by atoms with Crippen molar-refractivity contribution in [1.82, 2.24) is 9.21 Å². The number of benzene rings is 2. The van der Waals surface area contributed by atoms with Gasteiger partial charge in [0.25, 0.3) is 5.91 Å². The maximum Gasteiger partial charge on any atom is 0.254 e. The third-order valence-corrected chi connectivity index (χ3v) is 7.45. The second-order valence-corrected chi connectivity index (χ2v) is 9.67. The normalized spacial score (nSPS) is 14.5. The molecule has 1 aliphatic heterocycles. The van der Waals surface area contributed by atoms with Crippen LogP contribution in [-0.2, 0) is 14.8 Å². The van der Waals surface area contributed by atoms with Crippen molar-refractivity contribution in [3.63, 3.8) is 0 Å². The second-order valence-electron chi connectivity index (χ2n) is 6.95. The quantitative estimate of drug-likeness (QED) is 0.701. The van der Waals surface area contributed by atoms with Gasteiger partial charge >= 0.3 is 0 Å². The van der Waals surface area contributed by atoms with Crippen molar-refractivity contribution in [3.8, 4) is 0 Å². The van der Waals surface area contributed by atoms with Crippen molar-refractivity contribution in [2.75, 3.05) is 32.0 Å². The first-order chi connectivity index (χ1) is 14.2. The maximum atomic E-state index is 12.9. The summed E-state index contributed by atoms with van der Waals surface area (Å²) in [4.78, 5) is 26.1. The molecule has 0 atom stereocenters. The van der Waals surface area contributed by atoms with E-state index in [2.05, 4.69) is 5.32 Å². The number of nitrogens with zero attached hydrogens (tertiary/aromatic N) is 2. The molecule has 0 unspecified atom stereocenters. The summed E-state index contributed by atoms with van der Waals surface area (Å²) in [6.45, 7) is 0.624. The monoisotopic (exact) mass is 469 g/mol. The van der Waals surface area contributed by atoms with E-state index < -0.39 is 21.8 Å². The Morgan fingerprint density at radius 2 is 1.73 bits per heavy atom. The van der Waals surface area contributed by atoms with Gasteiger partial charge in [0, 0.05) is 25.7 Å². The van der Waals surface area contributed by atoms with E-state index in [1.165, 1.54) is 34.5 Å². The standard InChI is InChI=1S/C20H21Cl2N3O4S/c1-24(13-19(26)23-17-7-3-2-6-15(17)21)20(27)14-8-9-16(22)18(12-14)30(28,29)25-10-4-5-11-25/h2-3,6-9,12H,4-5,10-11,13H2,1H3,(H,23,26). The zero-order chi connectivity index (χ0) is 21.9. The fraction of sp³-hybridized carbons (Fsp3) is 0.300. The molecule has 1 N–H and O–H groups in total. The van der Waals surface area contributed by atoms with E-state index in [0.29, 0.717) is 23.8 Å². The molecule has 30 heavy (non-hydrogen) atoms. The minimum Gasteiger partial charge on any atom is -0.332 e. The van der Waals surface area contributed by atoms with Crippen molar-refractivity contribution in [1.29, 1.82) is 0 Å². The molecule has 2 amide bonds. The number of carbonyl (C=O) groups excluding carboxylic acids is 2. The molecule has 160 valence electrons. The molecule has 1 saturated heterocycles. The first kappa shape index (κ1) is 22.6. The molecule has 0 radical (unpaired) electrons. The number of likely N-dealkylation sites (N-methyl/N-ethyl adjacent to an activating group) is 1. The number of para-hydroxylation sites is 1. The topological polar surface area (TPSA) is 86.8 Å². The first-order valence-electron chi connectivity index (χ1n) is 9.29. The summed E-state index contributed by atoms with van der Waals surface area (Å²) in [5.41, 5.74) is 0.570. The van der Waals surface area contributed by atoms with Gasteiger partial charge in [-0.3, -0.25) is 9.59 Å². The van der Waals surface area contributed by atoms with Crippen LogP contribution in [0.4, 0.5) is 5.69 Å². The van der Waals surface area contributed by atoms with Crippen LogP contribution >= 0.6 is 23.2 Å². The highest BCUT2D eigenvalue weighted by molar-refractivity contribution is 7.89. The van der Waals surface area contributed by atoms with Gasteiger partial charge in [-0.05, 0) is 43.2 Å². The third kappa shape index (κ3) is 4.95. The molecule has 10 heteroatoms. The molecule has 1 heterocycles. The Morgan fingerprint density at radius 3 is 2.40 bits per heavy atom. The van der Waals surface area contributed by atoms with Crippen molar-refractivity contribution in [2.45, 2.75) is 17.7 Å². The summed E-state index contributed by atoms with van der Waals surface area (Å²) in [7, 11) is -2.33. The van der Waals surface area contributed by atoms with Crippen molar-refractivity contribution >= 4 is 50.7 Å². The Balaban J connectivity index is 1.74. The number of amides is 2. The van der Waals surface area contributed by atoms with E-state index in [1.54, 1.807) is 24.3 Å². The van der Waals surface area contributed by atoms with Gasteiger partial charge in [-0.15, -0.1) is 0 Å². The van der Waals surface area contributed by atoms with Crippen LogP contribution in [0.1, 0.15) is 23.2 Å². The molecular weight excluding hydrogens is 449 g/mol. The molecule has 1 fully saturated rings. The van der Waals surface area contributed by atoms with Crippen LogP contribution in [-0.4, -0.2) is 56.1 Å². The molecule has 0 saturated carbocycles. The van der Waals surface area contributed by atoms with Crippen LogP contribution in [0, 0.1) is 0 Å². The van der Waals surface area contributed by atoms with E-state index in [1.807, 2.05) is 0 Å². The van der Waals surface area contributed by atoms with Gasteiger partial charge in [-0.25, -0.2) is 8.42 Å². The van der Waals surface area contributed by atoms with Gasteiger partial charge in [0.2, 0.25) is 15.9 Å². The highest BCUT2D eigenvalue weighted by atomic mass is 35.5. The number of hydrogen-bond donors (Lipinski definition) is 1. The molecule has 0 bridgehead atoms. The molecule has 0 spiro atoms. The number of hydrogen-bond acceptors (Lipinski definition) is 4. The number of sulfonamides is 1. The number of carbonyl (C=O) groups is 2. The fourth-order valence-corrected chi connectivity index (χ4v) is 5.36. The Hall–Kier alpha value is -2.13. The van der Waals surface area contributed by atoms with Crippen molar-refractivity contribution < 1.29 is 18.0 Å². The Labute approximate surface area is 185 Å². The highest BCUT2D eigenvalue weighted by Gasteiger charge is 2.30. The molecule has 2 aromatic carbocycles. The number of halogens is 2. The van der Waals surface area contributed by atoms with Crippen LogP contribution in [0.25, 0.3) is 0 Å². The molecular formula is C20H21Cl2N3O4S. The fourth-order valence-electron chi connectivity index (χ4n) is 3.16. The minimum absolute atomic E-state index is 0.0533. The van der Waals surface area contributed by atoms with E-state index in [0.717, 1.165) is 12.8 Å².